The van der Waals surface area contributed by atoms with Gasteiger partial charge in [0, 0.05) is 5.38 Å². The van der Waals surface area contributed by atoms with Crippen LogP contribution in [-0.4, -0.2) is 4.98 Å². The Kier molecular flexibility index (Phi) is 2.49. The highest BCUT2D eigenvalue weighted by Gasteiger charge is 1.83. The molecule has 0 atom stereocenters. The Morgan fingerprint density at radius 3 is 3.20 bits per heavy atom. The van der Waals surface area contributed by atoms with E-state index in [2.05, 4.69) is 16.8 Å². The van der Waals surface area contributed by atoms with Crippen LogP contribution < -0.4 is 0 Å². The molecule has 0 bridgehead atoms. The van der Waals surface area contributed by atoms with E-state index in [4.69, 9.17) is 5.26 Å². The van der Waals surface area contributed by atoms with Crippen molar-refractivity contribution in [3.8, 4) is 17.9 Å². The third-order valence-electron chi connectivity index (χ3n) is 0.816. The molecule has 0 radical (unpaired) electrons. The fraction of sp³-hybridized carbons (Fsp3) is 0.143. The van der Waals surface area contributed by atoms with Crippen LogP contribution in [0.1, 0.15) is 12.1 Å². The molecule has 0 aliphatic carbocycles. The van der Waals surface area contributed by atoms with Crippen LogP contribution in [0.2, 0.25) is 0 Å². The van der Waals surface area contributed by atoms with Crippen LogP contribution in [-0.2, 0) is 0 Å². The number of thiazole rings is 1. The first kappa shape index (κ1) is 6.80. The van der Waals surface area contributed by atoms with Gasteiger partial charge in [-0.3, -0.25) is 0 Å². The smallest absolute Gasteiger partial charge is 0.124 e. The Balaban J connectivity index is 2.59. The molecule has 3 heteroatoms. The summed E-state index contributed by atoms with van der Waals surface area (Å²) in [6, 6.07) is 1.93. The second-order valence-electron chi connectivity index (χ2n) is 1.51. The molecule has 48 valence electrons. The van der Waals surface area contributed by atoms with Crippen molar-refractivity contribution in [2.24, 2.45) is 0 Å². The van der Waals surface area contributed by atoms with Crippen molar-refractivity contribution < 1.29 is 0 Å². The van der Waals surface area contributed by atoms with Crippen molar-refractivity contribution in [3.05, 3.63) is 16.6 Å². The van der Waals surface area contributed by atoms with Gasteiger partial charge in [-0.1, -0.05) is 5.92 Å². The second kappa shape index (κ2) is 3.66. The predicted octanol–water partition coefficient (Wildman–Crippen LogP) is 1.41. The minimum atomic E-state index is 0.275. The van der Waals surface area contributed by atoms with Crippen LogP contribution in [0.5, 0.6) is 0 Å². The van der Waals surface area contributed by atoms with Crippen molar-refractivity contribution in [1.29, 1.82) is 5.26 Å². The van der Waals surface area contributed by atoms with Crippen LogP contribution in [0.4, 0.5) is 0 Å². The van der Waals surface area contributed by atoms with Crippen molar-refractivity contribution in [1.82, 2.24) is 4.98 Å². The molecule has 0 aliphatic heterocycles. The average Bonchev–Trinajstić information content (AvgIpc) is 2.41. The third-order valence-corrected chi connectivity index (χ3v) is 1.40. The van der Waals surface area contributed by atoms with Crippen LogP contribution in [0.25, 0.3) is 0 Å². The Morgan fingerprint density at radius 2 is 2.60 bits per heavy atom. The fourth-order valence-electron chi connectivity index (χ4n) is 0.449. The first-order chi connectivity index (χ1) is 4.93. The Morgan fingerprint density at radius 1 is 1.70 bits per heavy atom. The largest absolute Gasteiger partial charge is 0.236 e. The average molecular weight is 148 g/mol. The minimum Gasteiger partial charge on any atom is -0.236 e. The summed E-state index contributed by atoms with van der Waals surface area (Å²) in [5.74, 6) is 5.42. The minimum absolute atomic E-state index is 0.275. The molecule has 0 unspecified atom stereocenters. The molecule has 0 aromatic carbocycles. The number of hydrogen-bond donors (Lipinski definition) is 0. The van der Waals surface area contributed by atoms with E-state index in [0.717, 1.165) is 5.69 Å². The summed E-state index contributed by atoms with van der Waals surface area (Å²) in [4.78, 5) is 3.92. The van der Waals surface area contributed by atoms with E-state index in [0.29, 0.717) is 0 Å². The molecule has 1 rings (SSSR count). The molecular formula is C7H4N2S. The molecule has 0 fully saturated rings. The van der Waals surface area contributed by atoms with Gasteiger partial charge >= 0.3 is 0 Å². The lowest BCUT2D eigenvalue weighted by Gasteiger charge is -1.70. The topological polar surface area (TPSA) is 36.7 Å². The SMILES string of the molecule is N#CCC#Cc1cscn1. The summed E-state index contributed by atoms with van der Waals surface area (Å²) in [6.45, 7) is 0. The van der Waals surface area contributed by atoms with Crippen LogP contribution in [0.3, 0.4) is 0 Å². The number of nitrogens with zero attached hydrogens (tertiary/aromatic N) is 2. The highest BCUT2D eigenvalue weighted by molar-refractivity contribution is 7.07. The van der Waals surface area contributed by atoms with E-state index in [-0.39, 0.29) is 6.42 Å². The van der Waals surface area contributed by atoms with Gasteiger partial charge < -0.3 is 0 Å². The first-order valence-corrected chi connectivity index (χ1v) is 3.62. The van der Waals surface area contributed by atoms with E-state index in [1.165, 1.54) is 11.3 Å². The highest BCUT2D eigenvalue weighted by Crippen LogP contribution is 1.97. The molecule has 1 aromatic heterocycles. The summed E-state index contributed by atoms with van der Waals surface area (Å²) < 4.78 is 0. The summed E-state index contributed by atoms with van der Waals surface area (Å²) in [6.07, 6.45) is 0.275. The van der Waals surface area contributed by atoms with Crippen molar-refractivity contribution >= 4 is 11.3 Å². The number of hydrogen-bond acceptors (Lipinski definition) is 3. The van der Waals surface area contributed by atoms with Gasteiger partial charge in [0.25, 0.3) is 0 Å². The van der Waals surface area contributed by atoms with Gasteiger partial charge in [0.1, 0.15) is 5.69 Å². The third kappa shape index (κ3) is 1.89. The van der Waals surface area contributed by atoms with E-state index in [1.54, 1.807) is 5.51 Å². The molecule has 1 heterocycles. The molecule has 1 aromatic rings. The van der Waals surface area contributed by atoms with E-state index in [1.807, 2.05) is 11.4 Å². The van der Waals surface area contributed by atoms with Gasteiger partial charge in [0.05, 0.1) is 18.0 Å². The molecular weight excluding hydrogens is 144 g/mol. The molecule has 0 saturated carbocycles. The Labute approximate surface area is 63.1 Å². The van der Waals surface area contributed by atoms with Crippen molar-refractivity contribution in [3.63, 3.8) is 0 Å². The number of aromatic nitrogens is 1. The fourth-order valence-corrected chi connectivity index (χ4v) is 0.932. The van der Waals surface area contributed by atoms with Crippen LogP contribution in [0, 0.1) is 23.2 Å². The molecule has 0 N–H and O–H groups in total. The monoisotopic (exact) mass is 148 g/mol. The predicted molar refractivity (Wildman–Crippen MR) is 39.2 cm³/mol. The summed E-state index contributed by atoms with van der Waals surface area (Å²) >= 11 is 1.50. The Hall–Kier alpha value is -1.32. The molecule has 10 heavy (non-hydrogen) atoms. The van der Waals surface area contributed by atoms with Crippen molar-refractivity contribution in [2.45, 2.75) is 6.42 Å². The van der Waals surface area contributed by atoms with E-state index < -0.39 is 0 Å². The summed E-state index contributed by atoms with van der Waals surface area (Å²) in [7, 11) is 0. The first-order valence-electron chi connectivity index (χ1n) is 2.67. The van der Waals surface area contributed by atoms with E-state index in [9.17, 15) is 0 Å². The Bertz CT molecular complexity index is 284. The van der Waals surface area contributed by atoms with Crippen LogP contribution in [0.15, 0.2) is 10.9 Å². The van der Waals surface area contributed by atoms with Gasteiger partial charge in [-0.25, -0.2) is 4.98 Å². The molecule has 2 nitrogen and oxygen atoms in total. The zero-order valence-corrected chi connectivity index (χ0v) is 5.98. The zero-order valence-electron chi connectivity index (χ0n) is 5.16. The molecule has 0 saturated heterocycles. The standard InChI is InChI=1S/C7H4N2S/c8-4-2-1-3-7-5-10-6-9-7/h5-6H,2H2. The molecule has 0 spiro atoms. The van der Waals surface area contributed by atoms with Gasteiger partial charge in [0.15, 0.2) is 0 Å². The van der Waals surface area contributed by atoms with E-state index >= 15 is 0 Å². The quantitative estimate of drug-likeness (QED) is 0.521. The lowest BCUT2D eigenvalue weighted by atomic mass is 10.4. The number of rotatable bonds is 0. The number of nitriles is 1. The normalized spacial score (nSPS) is 7.50. The van der Waals surface area contributed by atoms with Gasteiger partial charge in [-0.05, 0) is 5.92 Å². The zero-order chi connectivity index (χ0) is 7.23. The summed E-state index contributed by atoms with van der Waals surface area (Å²) in [5.41, 5.74) is 2.47. The second-order valence-corrected chi connectivity index (χ2v) is 2.23. The maximum Gasteiger partial charge on any atom is 0.124 e. The maximum atomic E-state index is 8.12. The highest BCUT2D eigenvalue weighted by atomic mass is 32.1. The van der Waals surface area contributed by atoms with Gasteiger partial charge in [-0.15, -0.1) is 11.3 Å². The maximum absolute atomic E-state index is 8.12. The van der Waals surface area contributed by atoms with Crippen LogP contribution >= 0.6 is 11.3 Å². The van der Waals surface area contributed by atoms with Crippen molar-refractivity contribution in [2.75, 3.05) is 0 Å². The van der Waals surface area contributed by atoms with Gasteiger partial charge in [0.2, 0.25) is 0 Å². The van der Waals surface area contributed by atoms with Gasteiger partial charge in [-0.2, -0.15) is 5.26 Å². The molecule has 0 aliphatic rings. The lowest BCUT2D eigenvalue weighted by Crippen LogP contribution is -1.68. The lowest BCUT2D eigenvalue weighted by molar-refractivity contribution is 1.36. The summed E-state index contributed by atoms with van der Waals surface area (Å²) in [5, 5.41) is 9.98. The molecule has 0 amide bonds.